The van der Waals surface area contributed by atoms with E-state index in [9.17, 15) is 13.5 Å². The number of sulfone groups is 1. The Balaban J connectivity index is 1.73. The number of aliphatic hydroxyl groups excluding tert-OH is 2. The summed E-state index contributed by atoms with van der Waals surface area (Å²) in [6.07, 6.45) is -0.375. The number of aryl methyl sites for hydroxylation is 1. The molecule has 0 radical (unpaired) electrons. The monoisotopic (exact) mass is 441 g/mol. The molecular weight excluding hydrogens is 414 g/mol. The van der Waals surface area contributed by atoms with E-state index in [0.29, 0.717) is 36.8 Å². The van der Waals surface area contributed by atoms with E-state index in [4.69, 9.17) is 10.1 Å². The predicted octanol–water partition coefficient (Wildman–Crippen LogP) is 2.49. The van der Waals surface area contributed by atoms with Crippen molar-refractivity contribution in [1.82, 2.24) is 4.98 Å². The Morgan fingerprint density at radius 1 is 1.19 bits per heavy atom. The Kier molecular flexibility index (Phi) is 6.13. The van der Waals surface area contributed by atoms with E-state index in [2.05, 4.69) is 5.32 Å². The fourth-order valence-electron chi connectivity index (χ4n) is 3.87. The fourth-order valence-corrected chi connectivity index (χ4v) is 5.37. The highest BCUT2D eigenvalue weighted by Crippen LogP contribution is 2.31. The van der Waals surface area contributed by atoms with Crippen LogP contribution >= 0.6 is 0 Å². The summed E-state index contributed by atoms with van der Waals surface area (Å²) in [4.78, 5) is 7.19. The number of nitrogens with one attached hydrogen (secondary N) is 1. The van der Waals surface area contributed by atoms with E-state index in [1.54, 1.807) is 12.1 Å². The van der Waals surface area contributed by atoms with Crippen molar-refractivity contribution in [3.8, 4) is 0 Å². The Hall–Kier alpha value is -2.68. The second kappa shape index (κ2) is 8.82. The van der Waals surface area contributed by atoms with Crippen LogP contribution in [0.2, 0.25) is 0 Å². The molecule has 1 atom stereocenters. The lowest BCUT2D eigenvalue weighted by atomic mass is 10.1. The van der Waals surface area contributed by atoms with Crippen LogP contribution in [0, 0.1) is 6.92 Å². The van der Waals surface area contributed by atoms with Crippen molar-refractivity contribution in [2.24, 2.45) is 0 Å². The van der Waals surface area contributed by atoms with Gasteiger partial charge in [-0.15, -0.1) is 0 Å². The first-order valence-corrected chi connectivity index (χ1v) is 12.0. The standard InChI is InChI=1S/C23H27N3O4S/c1-16-6-7-20-19(12-16)21(24-14-18(28)8-10-27)13-23(25-20)26-9-11-31(29,30)22-5-3-2-4-17(22)15-26/h2-7,12-13,18,27-28H,8-11,14-15H2,1H3,(H,24,25). The van der Waals surface area contributed by atoms with Crippen molar-refractivity contribution in [3.63, 3.8) is 0 Å². The SMILES string of the molecule is Cc1ccc2nc(N3CCS(=O)(=O)c4ccccc4C3)cc(NCC(O)CCO)c2c1. The number of hydrogen-bond donors (Lipinski definition) is 3. The van der Waals surface area contributed by atoms with Crippen LogP contribution in [-0.2, 0) is 16.4 Å². The predicted molar refractivity (Wildman–Crippen MR) is 122 cm³/mol. The molecule has 1 unspecified atom stereocenters. The van der Waals surface area contributed by atoms with Gasteiger partial charge in [0.1, 0.15) is 5.82 Å². The molecule has 0 bridgehead atoms. The lowest BCUT2D eigenvalue weighted by Gasteiger charge is -2.23. The van der Waals surface area contributed by atoms with E-state index in [0.717, 1.165) is 27.7 Å². The number of nitrogens with zero attached hydrogens (tertiary/aromatic N) is 2. The molecule has 3 N–H and O–H groups in total. The molecule has 1 aromatic heterocycles. The zero-order valence-electron chi connectivity index (χ0n) is 17.5. The fraction of sp³-hybridized carbons (Fsp3) is 0.348. The van der Waals surface area contributed by atoms with Crippen molar-refractivity contribution >= 4 is 32.2 Å². The molecule has 0 saturated carbocycles. The molecule has 31 heavy (non-hydrogen) atoms. The van der Waals surface area contributed by atoms with E-state index < -0.39 is 15.9 Å². The summed E-state index contributed by atoms with van der Waals surface area (Å²) in [6.45, 7) is 3.02. The minimum Gasteiger partial charge on any atom is -0.396 e. The third-order valence-electron chi connectivity index (χ3n) is 5.56. The molecule has 0 spiro atoms. The molecule has 3 aromatic rings. The van der Waals surface area contributed by atoms with Gasteiger partial charge in [-0.1, -0.05) is 29.8 Å². The summed E-state index contributed by atoms with van der Waals surface area (Å²) >= 11 is 0. The summed E-state index contributed by atoms with van der Waals surface area (Å²) in [6, 6.07) is 15.0. The smallest absolute Gasteiger partial charge is 0.180 e. The van der Waals surface area contributed by atoms with Gasteiger partial charge in [0.2, 0.25) is 0 Å². The highest BCUT2D eigenvalue weighted by Gasteiger charge is 2.26. The number of aromatic nitrogens is 1. The third kappa shape index (κ3) is 4.66. The van der Waals surface area contributed by atoms with Gasteiger partial charge in [0.05, 0.1) is 22.3 Å². The van der Waals surface area contributed by atoms with Crippen molar-refractivity contribution in [2.75, 3.05) is 35.7 Å². The van der Waals surface area contributed by atoms with Crippen LogP contribution in [0.3, 0.4) is 0 Å². The molecule has 0 amide bonds. The number of fused-ring (bicyclic) bond motifs is 2. The van der Waals surface area contributed by atoms with Gasteiger partial charge in [-0.2, -0.15) is 0 Å². The van der Waals surface area contributed by atoms with Crippen molar-refractivity contribution in [1.29, 1.82) is 0 Å². The van der Waals surface area contributed by atoms with Crippen LogP contribution in [0.5, 0.6) is 0 Å². The maximum Gasteiger partial charge on any atom is 0.180 e. The lowest BCUT2D eigenvalue weighted by Crippen LogP contribution is -2.27. The Labute approximate surface area is 182 Å². The van der Waals surface area contributed by atoms with Crippen molar-refractivity contribution in [2.45, 2.75) is 30.9 Å². The lowest BCUT2D eigenvalue weighted by molar-refractivity contribution is 0.143. The van der Waals surface area contributed by atoms with Gasteiger partial charge in [-0.25, -0.2) is 13.4 Å². The highest BCUT2D eigenvalue weighted by molar-refractivity contribution is 7.91. The summed E-state index contributed by atoms with van der Waals surface area (Å²) < 4.78 is 25.4. The Morgan fingerprint density at radius 3 is 2.81 bits per heavy atom. The molecule has 1 aliphatic rings. The van der Waals surface area contributed by atoms with Gasteiger partial charge in [0.15, 0.2) is 9.84 Å². The van der Waals surface area contributed by atoms with Gasteiger partial charge in [0.25, 0.3) is 0 Å². The molecule has 7 nitrogen and oxygen atoms in total. The summed E-state index contributed by atoms with van der Waals surface area (Å²) in [7, 11) is -3.35. The van der Waals surface area contributed by atoms with E-state index in [-0.39, 0.29) is 12.4 Å². The maximum atomic E-state index is 12.7. The molecule has 2 heterocycles. The van der Waals surface area contributed by atoms with Crippen LogP contribution in [0.4, 0.5) is 11.5 Å². The Morgan fingerprint density at radius 2 is 2.00 bits per heavy atom. The quantitative estimate of drug-likeness (QED) is 0.540. The second-order valence-electron chi connectivity index (χ2n) is 7.94. The first-order chi connectivity index (χ1) is 14.9. The van der Waals surface area contributed by atoms with E-state index >= 15 is 0 Å². The first kappa shape index (κ1) is 21.5. The molecule has 2 aromatic carbocycles. The summed E-state index contributed by atoms with van der Waals surface area (Å²) in [5, 5.41) is 23.3. The average Bonchev–Trinajstić information content (AvgIpc) is 2.88. The van der Waals surface area contributed by atoms with Gasteiger partial charge >= 0.3 is 0 Å². The minimum atomic E-state index is -3.35. The molecule has 164 valence electrons. The topological polar surface area (TPSA) is 103 Å². The number of pyridine rings is 1. The summed E-state index contributed by atoms with van der Waals surface area (Å²) in [5.41, 5.74) is 3.47. The highest BCUT2D eigenvalue weighted by atomic mass is 32.2. The molecule has 4 rings (SSSR count). The third-order valence-corrected chi connectivity index (χ3v) is 7.35. The van der Waals surface area contributed by atoms with Gasteiger partial charge < -0.3 is 20.4 Å². The van der Waals surface area contributed by atoms with Crippen LogP contribution in [0.15, 0.2) is 53.4 Å². The molecule has 0 aliphatic carbocycles. The van der Waals surface area contributed by atoms with Gasteiger partial charge in [-0.05, 0) is 37.1 Å². The van der Waals surface area contributed by atoms with Crippen molar-refractivity contribution in [3.05, 3.63) is 59.7 Å². The van der Waals surface area contributed by atoms with Gasteiger partial charge in [-0.3, -0.25) is 0 Å². The van der Waals surface area contributed by atoms with Gasteiger partial charge in [0, 0.05) is 43.4 Å². The molecule has 1 aliphatic heterocycles. The number of rotatable bonds is 6. The minimum absolute atomic E-state index is 0.0234. The number of anilines is 2. The van der Waals surface area contributed by atoms with Crippen LogP contribution in [-0.4, -0.2) is 55.2 Å². The number of aliphatic hydroxyl groups is 2. The molecule has 8 heteroatoms. The zero-order chi connectivity index (χ0) is 22.0. The second-order valence-corrected chi connectivity index (χ2v) is 10.0. The zero-order valence-corrected chi connectivity index (χ0v) is 18.3. The average molecular weight is 442 g/mol. The van der Waals surface area contributed by atoms with E-state index in [1.165, 1.54) is 0 Å². The largest absolute Gasteiger partial charge is 0.396 e. The first-order valence-electron chi connectivity index (χ1n) is 10.4. The summed E-state index contributed by atoms with van der Waals surface area (Å²) in [5.74, 6) is 0.706. The van der Waals surface area contributed by atoms with E-state index in [1.807, 2.05) is 48.2 Å². The number of hydrogen-bond acceptors (Lipinski definition) is 7. The molecule has 0 saturated heterocycles. The number of benzene rings is 2. The van der Waals surface area contributed by atoms with Crippen LogP contribution in [0.25, 0.3) is 10.9 Å². The van der Waals surface area contributed by atoms with Crippen molar-refractivity contribution < 1.29 is 18.6 Å². The molecular formula is C23H27N3O4S. The molecule has 0 fully saturated rings. The normalized spacial score (nSPS) is 16.5. The Bertz CT molecular complexity index is 1200. The van der Waals surface area contributed by atoms with Crippen LogP contribution < -0.4 is 10.2 Å². The van der Waals surface area contributed by atoms with Crippen LogP contribution in [0.1, 0.15) is 17.5 Å². The maximum absolute atomic E-state index is 12.7.